The zero-order valence-electron chi connectivity index (χ0n) is 21.3. The van der Waals surface area contributed by atoms with Crippen LogP contribution in [0.3, 0.4) is 0 Å². The fourth-order valence-corrected chi connectivity index (χ4v) is 4.73. The van der Waals surface area contributed by atoms with Gasteiger partial charge in [0.1, 0.15) is 16.4 Å². The van der Waals surface area contributed by atoms with Crippen LogP contribution in [-0.4, -0.2) is 50.0 Å². The van der Waals surface area contributed by atoms with Gasteiger partial charge in [-0.2, -0.15) is 0 Å². The van der Waals surface area contributed by atoms with E-state index >= 15 is 0 Å². The summed E-state index contributed by atoms with van der Waals surface area (Å²) in [7, 11) is 3.13. The highest BCUT2D eigenvalue weighted by molar-refractivity contribution is 8.04. The van der Waals surface area contributed by atoms with Gasteiger partial charge < -0.3 is 20.1 Å². The molecule has 0 saturated heterocycles. The quantitative estimate of drug-likeness (QED) is 0.312. The Morgan fingerprint density at radius 1 is 1.08 bits per heavy atom. The molecule has 0 unspecified atom stereocenters. The lowest BCUT2D eigenvalue weighted by Crippen LogP contribution is -2.33. The number of methoxy groups -OCH3 is 2. The van der Waals surface area contributed by atoms with E-state index in [4.69, 9.17) is 9.47 Å². The highest BCUT2D eigenvalue weighted by atomic mass is 32.2. The van der Waals surface area contributed by atoms with Crippen molar-refractivity contribution in [2.24, 2.45) is 5.92 Å². The fraction of sp³-hybridized carbons (Fsp3) is 0.370. The van der Waals surface area contributed by atoms with E-state index in [1.807, 2.05) is 51.1 Å². The van der Waals surface area contributed by atoms with E-state index in [-0.39, 0.29) is 34.9 Å². The molecule has 1 heterocycles. The van der Waals surface area contributed by atoms with Crippen molar-refractivity contribution in [3.63, 3.8) is 0 Å². The van der Waals surface area contributed by atoms with Crippen LogP contribution < -0.4 is 15.4 Å². The van der Waals surface area contributed by atoms with Crippen LogP contribution in [-0.2, 0) is 19.1 Å². The first-order valence-corrected chi connectivity index (χ1v) is 12.6. The summed E-state index contributed by atoms with van der Waals surface area (Å²) in [4.78, 5) is 41.2. The molecule has 3 rings (SSSR count). The number of nitrogens with zero attached hydrogens (tertiary/aromatic N) is 1. The van der Waals surface area contributed by atoms with Crippen LogP contribution >= 0.6 is 11.8 Å². The maximum absolute atomic E-state index is 13.4. The van der Waals surface area contributed by atoms with E-state index in [2.05, 4.69) is 10.6 Å². The average Bonchev–Trinajstić information content (AvgIpc) is 3.03. The minimum absolute atomic E-state index is 0.0725. The van der Waals surface area contributed by atoms with Crippen molar-refractivity contribution < 1.29 is 23.9 Å². The second-order valence-corrected chi connectivity index (χ2v) is 10.0. The Kier molecular flexibility index (Phi) is 9.55. The second-order valence-electron chi connectivity index (χ2n) is 8.92. The van der Waals surface area contributed by atoms with E-state index in [9.17, 15) is 14.4 Å². The topological polar surface area (TPSA) is 97.0 Å². The number of carbonyl (C=O) groups excluding carboxylic acids is 3. The number of thioether (sulfide) groups is 1. The molecule has 0 aromatic heterocycles. The molecule has 0 radical (unpaired) electrons. The summed E-state index contributed by atoms with van der Waals surface area (Å²) in [5.41, 5.74) is 2.40. The first-order chi connectivity index (χ1) is 17.2. The van der Waals surface area contributed by atoms with Gasteiger partial charge in [-0.3, -0.25) is 19.3 Å². The van der Waals surface area contributed by atoms with Crippen LogP contribution in [0, 0.1) is 12.8 Å². The molecule has 2 N–H and O–H groups in total. The van der Waals surface area contributed by atoms with Crippen molar-refractivity contribution in [3.05, 3.63) is 58.6 Å². The SMILES string of the molecule is COCCCN1C(=O)C(Nc2cc(C)ccc2OC)=C(Sc2cccc(NC(=O)CC(C)C)c2)C1=O. The maximum Gasteiger partial charge on any atom is 0.278 e. The van der Waals surface area contributed by atoms with Gasteiger partial charge in [0.2, 0.25) is 5.91 Å². The number of amides is 3. The molecule has 0 saturated carbocycles. The summed E-state index contributed by atoms with van der Waals surface area (Å²) in [6.07, 6.45) is 0.947. The van der Waals surface area contributed by atoms with E-state index < -0.39 is 5.91 Å². The molecule has 1 aliphatic heterocycles. The summed E-state index contributed by atoms with van der Waals surface area (Å²) < 4.78 is 10.5. The molecule has 3 amide bonds. The Hall–Kier alpha value is -3.30. The van der Waals surface area contributed by atoms with E-state index in [0.717, 1.165) is 10.5 Å². The normalized spacial score (nSPS) is 13.6. The van der Waals surface area contributed by atoms with Crippen LogP contribution in [0.1, 0.15) is 32.3 Å². The van der Waals surface area contributed by atoms with Gasteiger partial charge >= 0.3 is 0 Å². The summed E-state index contributed by atoms with van der Waals surface area (Å²) in [6, 6.07) is 12.8. The van der Waals surface area contributed by atoms with Crippen molar-refractivity contribution in [2.45, 2.75) is 38.5 Å². The predicted molar refractivity (Wildman–Crippen MR) is 142 cm³/mol. The van der Waals surface area contributed by atoms with Crippen LogP contribution in [0.4, 0.5) is 11.4 Å². The van der Waals surface area contributed by atoms with E-state index in [1.165, 1.54) is 16.7 Å². The van der Waals surface area contributed by atoms with Gasteiger partial charge in [-0.25, -0.2) is 0 Å². The standard InChI is InChI=1S/C27H33N3O5S/c1-17(2)14-23(31)28-19-8-6-9-20(16-19)36-25-24(26(32)30(27(25)33)12-7-13-34-4)29-21-15-18(3)10-11-22(21)35-5/h6,8-11,15-17,29H,7,12-14H2,1-5H3,(H,28,31). The Labute approximate surface area is 216 Å². The van der Waals surface area contributed by atoms with Crippen molar-refractivity contribution in [3.8, 4) is 5.75 Å². The zero-order valence-corrected chi connectivity index (χ0v) is 22.2. The number of anilines is 2. The summed E-state index contributed by atoms with van der Waals surface area (Å²) >= 11 is 1.19. The molecule has 0 spiro atoms. The predicted octanol–water partition coefficient (Wildman–Crippen LogP) is 4.81. The highest BCUT2D eigenvalue weighted by Crippen LogP contribution is 2.38. The number of hydrogen-bond acceptors (Lipinski definition) is 7. The van der Waals surface area contributed by atoms with Gasteiger partial charge in [-0.1, -0.05) is 37.7 Å². The van der Waals surface area contributed by atoms with Gasteiger partial charge in [-0.15, -0.1) is 0 Å². The summed E-state index contributed by atoms with van der Waals surface area (Å²) in [6.45, 7) is 6.59. The third-order valence-electron chi connectivity index (χ3n) is 5.40. The molecule has 36 heavy (non-hydrogen) atoms. The molecule has 2 aromatic rings. The van der Waals surface area contributed by atoms with Gasteiger partial charge in [0.05, 0.1) is 12.8 Å². The largest absolute Gasteiger partial charge is 0.495 e. The van der Waals surface area contributed by atoms with Crippen molar-refractivity contribution in [1.29, 1.82) is 0 Å². The molecule has 8 nitrogen and oxygen atoms in total. The number of benzene rings is 2. The number of rotatable bonds is 12. The lowest BCUT2D eigenvalue weighted by atomic mass is 10.1. The lowest BCUT2D eigenvalue weighted by Gasteiger charge is -2.15. The number of aryl methyl sites for hydroxylation is 1. The minimum Gasteiger partial charge on any atom is -0.495 e. The Balaban J connectivity index is 1.92. The van der Waals surface area contributed by atoms with Gasteiger partial charge in [0.25, 0.3) is 11.8 Å². The highest BCUT2D eigenvalue weighted by Gasteiger charge is 2.39. The van der Waals surface area contributed by atoms with Gasteiger partial charge in [0, 0.05) is 37.3 Å². The molecule has 1 aliphatic rings. The zero-order chi connectivity index (χ0) is 26.2. The third-order valence-corrected chi connectivity index (χ3v) is 6.47. The molecule has 2 aromatic carbocycles. The van der Waals surface area contributed by atoms with Crippen molar-refractivity contribution in [2.75, 3.05) is 38.0 Å². The molecule has 0 atom stereocenters. The molecular formula is C27H33N3O5S. The molecule has 0 bridgehead atoms. The van der Waals surface area contributed by atoms with Crippen LogP contribution in [0.5, 0.6) is 5.75 Å². The smallest absolute Gasteiger partial charge is 0.278 e. The molecular weight excluding hydrogens is 478 g/mol. The Morgan fingerprint density at radius 3 is 2.56 bits per heavy atom. The maximum atomic E-state index is 13.4. The first kappa shape index (κ1) is 27.3. The summed E-state index contributed by atoms with van der Waals surface area (Å²) in [5, 5.41) is 6.06. The molecule has 192 valence electrons. The van der Waals surface area contributed by atoms with Crippen LogP contribution in [0.25, 0.3) is 0 Å². The Bertz CT molecular complexity index is 1160. The van der Waals surface area contributed by atoms with Crippen molar-refractivity contribution >= 4 is 40.9 Å². The van der Waals surface area contributed by atoms with Crippen LogP contribution in [0.15, 0.2) is 58.0 Å². The third kappa shape index (κ3) is 6.89. The van der Waals surface area contributed by atoms with Crippen molar-refractivity contribution in [1.82, 2.24) is 4.90 Å². The second kappa shape index (κ2) is 12.6. The number of hydrogen-bond donors (Lipinski definition) is 2. The molecule has 9 heteroatoms. The summed E-state index contributed by atoms with van der Waals surface area (Å²) in [5.74, 6) is -0.0405. The number of nitrogens with one attached hydrogen (secondary N) is 2. The number of carbonyl (C=O) groups is 3. The number of imide groups is 1. The number of ether oxygens (including phenoxy) is 2. The molecule has 0 aliphatic carbocycles. The van der Waals surface area contributed by atoms with Gasteiger partial charge in [0.15, 0.2) is 0 Å². The average molecular weight is 512 g/mol. The molecule has 0 fully saturated rings. The van der Waals surface area contributed by atoms with Gasteiger partial charge in [-0.05, 0) is 55.2 Å². The minimum atomic E-state index is -0.399. The fourth-order valence-electron chi connectivity index (χ4n) is 3.72. The van der Waals surface area contributed by atoms with E-state index in [1.54, 1.807) is 26.4 Å². The lowest BCUT2D eigenvalue weighted by molar-refractivity contribution is -0.137. The monoisotopic (exact) mass is 511 g/mol. The Morgan fingerprint density at radius 2 is 1.86 bits per heavy atom. The van der Waals surface area contributed by atoms with Crippen LogP contribution in [0.2, 0.25) is 0 Å². The first-order valence-electron chi connectivity index (χ1n) is 11.8. The van der Waals surface area contributed by atoms with E-state index in [0.29, 0.717) is 36.6 Å².